The number of H-pyrrole nitrogens is 1. The van der Waals surface area contributed by atoms with Gasteiger partial charge in [0.05, 0.1) is 0 Å². The molecule has 0 radical (unpaired) electrons. The number of hydrogen-bond donors (Lipinski definition) is 3. The Hall–Kier alpha value is -1.59. The number of guanidine groups is 1. The second-order valence-electron chi connectivity index (χ2n) is 4.08. The van der Waals surface area contributed by atoms with E-state index in [1.807, 2.05) is 0 Å². The average Bonchev–Trinajstić information content (AvgIpc) is 2.74. The van der Waals surface area contributed by atoms with Crippen LogP contribution in [0.4, 0.5) is 0 Å². The number of nitrogens with one attached hydrogen (secondary N) is 2. The molecular formula is C10H20N6. The second-order valence-corrected chi connectivity index (χ2v) is 4.08. The Labute approximate surface area is 95.8 Å². The van der Waals surface area contributed by atoms with Gasteiger partial charge in [-0.3, -0.25) is 10.1 Å². The van der Waals surface area contributed by atoms with E-state index in [4.69, 9.17) is 5.73 Å². The van der Waals surface area contributed by atoms with Gasteiger partial charge in [-0.25, -0.2) is 4.98 Å². The number of hydrogen-bond acceptors (Lipinski definition) is 3. The van der Waals surface area contributed by atoms with E-state index in [0.29, 0.717) is 11.9 Å². The lowest BCUT2D eigenvalue weighted by atomic mass is 10.2. The molecule has 0 aliphatic heterocycles. The zero-order valence-corrected chi connectivity index (χ0v) is 9.90. The van der Waals surface area contributed by atoms with Crippen LogP contribution in [0, 0.1) is 5.92 Å². The third-order valence-electron chi connectivity index (χ3n) is 1.99. The van der Waals surface area contributed by atoms with Gasteiger partial charge in [-0.05, 0) is 12.3 Å². The standard InChI is InChI=1S/C10H20N6/c1-8(2)6-13-10(11)12-5-3-4-9-14-7-15-16-9/h7-8H,3-6H2,1-2H3,(H3,11,12,13)(H,14,15,16). The number of nitrogens with zero attached hydrogens (tertiary/aromatic N) is 3. The molecule has 90 valence electrons. The molecule has 0 unspecified atom stereocenters. The molecule has 16 heavy (non-hydrogen) atoms. The Morgan fingerprint density at radius 2 is 2.44 bits per heavy atom. The lowest BCUT2D eigenvalue weighted by Gasteiger charge is -2.05. The minimum Gasteiger partial charge on any atom is -0.370 e. The van der Waals surface area contributed by atoms with E-state index in [-0.39, 0.29) is 0 Å². The molecule has 0 aliphatic rings. The first-order chi connectivity index (χ1) is 7.68. The molecule has 1 heterocycles. The van der Waals surface area contributed by atoms with Gasteiger partial charge in [0.1, 0.15) is 12.2 Å². The van der Waals surface area contributed by atoms with Crippen LogP contribution in [0.2, 0.25) is 0 Å². The quantitative estimate of drug-likeness (QED) is 0.368. The van der Waals surface area contributed by atoms with Crippen molar-refractivity contribution in [1.29, 1.82) is 0 Å². The molecule has 0 bridgehead atoms. The monoisotopic (exact) mass is 224 g/mol. The van der Waals surface area contributed by atoms with Crippen LogP contribution in [0.3, 0.4) is 0 Å². The lowest BCUT2D eigenvalue weighted by molar-refractivity contribution is 0.659. The van der Waals surface area contributed by atoms with E-state index >= 15 is 0 Å². The van der Waals surface area contributed by atoms with Gasteiger partial charge in [-0.15, -0.1) is 0 Å². The van der Waals surface area contributed by atoms with Crippen LogP contribution in [-0.4, -0.2) is 34.2 Å². The average molecular weight is 224 g/mol. The van der Waals surface area contributed by atoms with Crippen LogP contribution in [-0.2, 0) is 6.42 Å². The van der Waals surface area contributed by atoms with Gasteiger partial charge in [0.15, 0.2) is 5.96 Å². The first kappa shape index (κ1) is 12.5. The Morgan fingerprint density at radius 1 is 1.62 bits per heavy atom. The first-order valence-corrected chi connectivity index (χ1v) is 5.56. The molecular weight excluding hydrogens is 204 g/mol. The Bertz CT molecular complexity index is 303. The van der Waals surface area contributed by atoms with Crippen molar-refractivity contribution in [1.82, 2.24) is 20.5 Å². The maximum atomic E-state index is 5.68. The summed E-state index contributed by atoms with van der Waals surface area (Å²) in [6.07, 6.45) is 3.33. The zero-order chi connectivity index (χ0) is 11.8. The van der Waals surface area contributed by atoms with Crippen molar-refractivity contribution < 1.29 is 0 Å². The summed E-state index contributed by atoms with van der Waals surface area (Å²) in [5, 5.41) is 9.66. The predicted octanol–water partition coefficient (Wildman–Crippen LogP) is 0.298. The highest BCUT2D eigenvalue weighted by atomic mass is 15.2. The van der Waals surface area contributed by atoms with E-state index in [9.17, 15) is 0 Å². The molecule has 0 atom stereocenters. The molecule has 6 nitrogen and oxygen atoms in total. The third-order valence-corrected chi connectivity index (χ3v) is 1.99. The van der Waals surface area contributed by atoms with Crippen molar-refractivity contribution in [3.05, 3.63) is 12.2 Å². The molecule has 0 amide bonds. The van der Waals surface area contributed by atoms with Crippen molar-refractivity contribution in [2.45, 2.75) is 26.7 Å². The number of aromatic nitrogens is 3. The lowest BCUT2D eigenvalue weighted by Crippen LogP contribution is -2.33. The third kappa shape index (κ3) is 5.33. The largest absolute Gasteiger partial charge is 0.370 e. The fraction of sp³-hybridized carbons (Fsp3) is 0.700. The fourth-order valence-electron chi connectivity index (χ4n) is 1.16. The molecule has 0 spiro atoms. The summed E-state index contributed by atoms with van der Waals surface area (Å²) in [4.78, 5) is 8.24. The number of aromatic amines is 1. The van der Waals surface area contributed by atoms with Crippen molar-refractivity contribution in [3.8, 4) is 0 Å². The number of aryl methyl sites for hydroxylation is 1. The molecule has 4 N–H and O–H groups in total. The Balaban J connectivity index is 2.08. The summed E-state index contributed by atoms with van der Waals surface area (Å²) in [5.41, 5.74) is 5.68. The minimum atomic E-state index is 0.520. The van der Waals surface area contributed by atoms with Crippen LogP contribution < -0.4 is 11.1 Å². The number of aliphatic imine (C=N–C) groups is 1. The summed E-state index contributed by atoms with van der Waals surface area (Å²) >= 11 is 0. The van der Waals surface area contributed by atoms with E-state index in [0.717, 1.165) is 31.8 Å². The van der Waals surface area contributed by atoms with Gasteiger partial charge >= 0.3 is 0 Å². The van der Waals surface area contributed by atoms with Gasteiger partial charge in [-0.2, -0.15) is 5.10 Å². The molecule has 1 aromatic heterocycles. The summed E-state index contributed by atoms with van der Waals surface area (Å²) in [5.74, 6) is 1.96. The van der Waals surface area contributed by atoms with Crippen LogP contribution in [0.5, 0.6) is 0 Å². The maximum Gasteiger partial charge on any atom is 0.188 e. The van der Waals surface area contributed by atoms with Crippen LogP contribution >= 0.6 is 0 Å². The summed E-state index contributed by atoms with van der Waals surface area (Å²) in [7, 11) is 0. The van der Waals surface area contributed by atoms with Crippen molar-refractivity contribution >= 4 is 5.96 Å². The topological polar surface area (TPSA) is 92.0 Å². The Morgan fingerprint density at radius 3 is 3.06 bits per heavy atom. The van der Waals surface area contributed by atoms with Crippen LogP contribution in [0.25, 0.3) is 0 Å². The second kappa shape index (κ2) is 6.81. The summed E-state index contributed by atoms with van der Waals surface area (Å²) in [6, 6.07) is 0. The molecule has 6 heteroatoms. The van der Waals surface area contributed by atoms with Gasteiger partial charge in [0, 0.05) is 19.5 Å². The normalized spacial score (nSPS) is 12.1. The molecule has 0 saturated heterocycles. The molecule has 0 fully saturated rings. The van der Waals surface area contributed by atoms with E-state index < -0.39 is 0 Å². The van der Waals surface area contributed by atoms with Crippen molar-refractivity contribution in [3.63, 3.8) is 0 Å². The highest BCUT2D eigenvalue weighted by molar-refractivity contribution is 5.77. The van der Waals surface area contributed by atoms with Gasteiger partial charge in [0.25, 0.3) is 0 Å². The SMILES string of the molecule is CC(C)CN=C(N)NCCCc1ncn[nH]1. The van der Waals surface area contributed by atoms with Crippen molar-refractivity contribution in [2.24, 2.45) is 16.6 Å². The Kier molecular flexibility index (Phi) is 5.31. The fourth-order valence-corrected chi connectivity index (χ4v) is 1.16. The predicted molar refractivity (Wildman–Crippen MR) is 64.0 cm³/mol. The van der Waals surface area contributed by atoms with Crippen molar-refractivity contribution in [2.75, 3.05) is 13.1 Å². The van der Waals surface area contributed by atoms with E-state index in [1.54, 1.807) is 0 Å². The molecule has 0 saturated carbocycles. The highest BCUT2D eigenvalue weighted by Gasteiger charge is 1.96. The first-order valence-electron chi connectivity index (χ1n) is 5.56. The smallest absolute Gasteiger partial charge is 0.188 e. The van der Waals surface area contributed by atoms with Gasteiger partial charge in [0.2, 0.25) is 0 Å². The molecule has 1 rings (SSSR count). The van der Waals surface area contributed by atoms with E-state index in [2.05, 4.69) is 39.3 Å². The molecule has 0 aliphatic carbocycles. The minimum absolute atomic E-state index is 0.520. The maximum absolute atomic E-state index is 5.68. The van der Waals surface area contributed by atoms with Gasteiger partial charge < -0.3 is 11.1 Å². The van der Waals surface area contributed by atoms with E-state index in [1.165, 1.54) is 6.33 Å². The van der Waals surface area contributed by atoms with Gasteiger partial charge in [-0.1, -0.05) is 13.8 Å². The van der Waals surface area contributed by atoms with Crippen LogP contribution in [0.1, 0.15) is 26.1 Å². The zero-order valence-electron chi connectivity index (χ0n) is 9.90. The summed E-state index contributed by atoms with van der Waals surface area (Å²) < 4.78 is 0. The highest BCUT2D eigenvalue weighted by Crippen LogP contribution is 1.92. The summed E-state index contributed by atoms with van der Waals surface area (Å²) in [6.45, 7) is 5.79. The molecule has 0 aromatic carbocycles. The molecule has 1 aromatic rings. The number of rotatable bonds is 6. The van der Waals surface area contributed by atoms with Crippen LogP contribution in [0.15, 0.2) is 11.3 Å². The number of nitrogens with two attached hydrogens (primary N) is 1.